The molecule has 0 aliphatic carbocycles. The van der Waals surface area contributed by atoms with E-state index in [0.717, 1.165) is 57.1 Å². The molecular weight excluding hydrogens is 296 g/mol. The lowest BCUT2D eigenvalue weighted by Gasteiger charge is -2.34. The molecule has 0 amide bonds. The van der Waals surface area contributed by atoms with Gasteiger partial charge in [0, 0.05) is 38.3 Å². The molecule has 3 rings (SSSR count). The molecule has 0 bridgehead atoms. The Kier molecular flexibility index (Phi) is 5.07. The molecule has 2 fully saturated rings. The van der Waals surface area contributed by atoms with Gasteiger partial charge in [-0.15, -0.1) is 0 Å². The summed E-state index contributed by atoms with van der Waals surface area (Å²) in [6.45, 7) is 6.98. The van der Waals surface area contributed by atoms with Crippen LogP contribution < -0.4 is 5.32 Å². The summed E-state index contributed by atoms with van der Waals surface area (Å²) >= 11 is 0. The van der Waals surface area contributed by atoms with E-state index in [0.29, 0.717) is 12.0 Å². The van der Waals surface area contributed by atoms with Crippen LogP contribution in [-0.4, -0.2) is 53.7 Å². The summed E-state index contributed by atoms with van der Waals surface area (Å²) in [6.07, 6.45) is 4.66. The van der Waals surface area contributed by atoms with Crippen LogP contribution in [0.4, 0.5) is 11.5 Å². The number of nitro groups is 1. The zero-order chi connectivity index (χ0) is 16.2. The monoisotopic (exact) mass is 320 g/mol. The first-order chi connectivity index (χ1) is 11.1. The van der Waals surface area contributed by atoms with Gasteiger partial charge in [0.15, 0.2) is 0 Å². The second kappa shape index (κ2) is 7.23. The highest BCUT2D eigenvalue weighted by Crippen LogP contribution is 2.22. The lowest BCUT2D eigenvalue weighted by Crippen LogP contribution is -2.41. The number of nitrogens with one attached hydrogen (secondary N) is 1. The molecule has 1 atom stereocenters. The molecule has 0 spiro atoms. The van der Waals surface area contributed by atoms with E-state index in [-0.39, 0.29) is 5.69 Å². The van der Waals surface area contributed by atoms with Crippen molar-refractivity contribution in [1.82, 2.24) is 9.88 Å². The zero-order valence-electron chi connectivity index (χ0n) is 13.5. The maximum atomic E-state index is 10.8. The number of likely N-dealkylation sites (tertiary alicyclic amines) is 1. The van der Waals surface area contributed by atoms with Crippen LogP contribution in [0.1, 0.15) is 24.8 Å². The zero-order valence-corrected chi connectivity index (χ0v) is 13.5. The van der Waals surface area contributed by atoms with Gasteiger partial charge in [0.2, 0.25) is 0 Å². The number of pyridine rings is 1. The minimum absolute atomic E-state index is 0.0432. The van der Waals surface area contributed by atoms with Gasteiger partial charge >= 0.3 is 0 Å². The van der Waals surface area contributed by atoms with Crippen molar-refractivity contribution in [2.45, 2.75) is 32.2 Å². The van der Waals surface area contributed by atoms with Gasteiger partial charge in [0.1, 0.15) is 12.0 Å². The standard InChI is InChI=1S/C16H24N4O3/c1-12-8-15(20(21)22)9-17-16(12)18-14-2-5-19(6-3-14)10-13-4-7-23-11-13/h8-9,13-14H,2-7,10-11H2,1H3,(H,17,18). The molecule has 2 saturated heterocycles. The second-order valence-electron chi connectivity index (χ2n) is 6.56. The van der Waals surface area contributed by atoms with Crippen LogP contribution in [0.5, 0.6) is 0 Å². The Labute approximate surface area is 136 Å². The minimum Gasteiger partial charge on any atom is -0.381 e. The first-order valence-corrected chi connectivity index (χ1v) is 8.29. The third-order valence-electron chi connectivity index (χ3n) is 4.74. The number of anilines is 1. The molecule has 0 aromatic carbocycles. The summed E-state index contributed by atoms with van der Waals surface area (Å²) in [7, 11) is 0. The van der Waals surface area contributed by atoms with E-state index in [1.165, 1.54) is 12.6 Å². The van der Waals surface area contributed by atoms with Crippen LogP contribution in [-0.2, 0) is 4.74 Å². The van der Waals surface area contributed by atoms with Gasteiger partial charge in [0.25, 0.3) is 5.69 Å². The minimum atomic E-state index is -0.408. The summed E-state index contributed by atoms with van der Waals surface area (Å²) in [5, 5.41) is 14.2. The normalized spacial score (nSPS) is 23.1. The van der Waals surface area contributed by atoms with Crippen molar-refractivity contribution >= 4 is 11.5 Å². The van der Waals surface area contributed by atoms with E-state index in [1.807, 2.05) is 6.92 Å². The molecule has 126 valence electrons. The van der Waals surface area contributed by atoms with Gasteiger partial charge in [-0.05, 0) is 37.7 Å². The lowest BCUT2D eigenvalue weighted by molar-refractivity contribution is -0.385. The van der Waals surface area contributed by atoms with Crippen LogP contribution in [0.15, 0.2) is 12.3 Å². The Morgan fingerprint density at radius 3 is 2.83 bits per heavy atom. The Morgan fingerprint density at radius 1 is 1.43 bits per heavy atom. The fraction of sp³-hybridized carbons (Fsp3) is 0.688. The first kappa shape index (κ1) is 16.1. The molecule has 2 aliphatic heterocycles. The van der Waals surface area contributed by atoms with E-state index < -0.39 is 4.92 Å². The molecule has 1 aromatic heterocycles. The molecule has 0 saturated carbocycles. The SMILES string of the molecule is Cc1cc([N+](=O)[O-])cnc1NC1CCN(CC2CCOC2)CC1. The molecule has 7 heteroatoms. The Morgan fingerprint density at radius 2 is 2.22 bits per heavy atom. The van der Waals surface area contributed by atoms with E-state index in [1.54, 1.807) is 6.07 Å². The predicted octanol–water partition coefficient (Wildman–Crippen LogP) is 2.21. The highest BCUT2D eigenvalue weighted by atomic mass is 16.6. The molecule has 2 aliphatic rings. The third kappa shape index (κ3) is 4.17. The summed E-state index contributed by atoms with van der Waals surface area (Å²) in [5.41, 5.74) is 0.867. The number of aryl methyl sites for hydroxylation is 1. The molecule has 7 nitrogen and oxygen atoms in total. The van der Waals surface area contributed by atoms with E-state index in [4.69, 9.17) is 4.74 Å². The maximum Gasteiger partial charge on any atom is 0.287 e. The number of ether oxygens (including phenoxy) is 1. The van der Waals surface area contributed by atoms with Crippen molar-refractivity contribution < 1.29 is 9.66 Å². The van der Waals surface area contributed by atoms with Crippen molar-refractivity contribution in [2.24, 2.45) is 5.92 Å². The largest absolute Gasteiger partial charge is 0.381 e. The average molecular weight is 320 g/mol. The van der Waals surface area contributed by atoms with E-state index in [2.05, 4.69) is 15.2 Å². The van der Waals surface area contributed by atoms with Gasteiger partial charge in [-0.3, -0.25) is 10.1 Å². The highest BCUT2D eigenvalue weighted by molar-refractivity contribution is 5.48. The van der Waals surface area contributed by atoms with E-state index >= 15 is 0 Å². The average Bonchev–Trinajstić information content (AvgIpc) is 3.04. The Balaban J connectivity index is 1.49. The topological polar surface area (TPSA) is 80.5 Å². The van der Waals surface area contributed by atoms with Crippen molar-refractivity contribution in [2.75, 3.05) is 38.2 Å². The molecular formula is C16H24N4O3. The van der Waals surface area contributed by atoms with Gasteiger partial charge < -0.3 is 15.0 Å². The van der Waals surface area contributed by atoms with Crippen LogP contribution in [0.3, 0.4) is 0 Å². The summed E-state index contributed by atoms with van der Waals surface area (Å²) in [6, 6.07) is 1.96. The number of hydrogen-bond acceptors (Lipinski definition) is 6. The van der Waals surface area contributed by atoms with Crippen LogP contribution in [0.2, 0.25) is 0 Å². The molecule has 1 aromatic rings. The Hall–Kier alpha value is -1.73. The first-order valence-electron chi connectivity index (χ1n) is 8.29. The summed E-state index contributed by atoms with van der Waals surface area (Å²) in [4.78, 5) is 17.1. The van der Waals surface area contributed by atoms with Crippen molar-refractivity contribution in [3.05, 3.63) is 27.9 Å². The van der Waals surface area contributed by atoms with Crippen molar-refractivity contribution in [3.63, 3.8) is 0 Å². The number of piperidine rings is 1. The van der Waals surface area contributed by atoms with E-state index in [9.17, 15) is 10.1 Å². The molecule has 0 radical (unpaired) electrons. The lowest BCUT2D eigenvalue weighted by atomic mass is 10.0. The Bertz CT molecular complexity index is 552. The van der Waals surface area contributed by atoms with Crippen LogP contribution in [0.25, 0.3) is 0 Å². The summed E-state index contributed by atoms with van der Waals surface area (Å²) < 4.78 is 5.44. The van der Waals surface area contributed by atoms with Crippen molar-refractivity contribution in [1.29, 1.82) is 0 Å². The molecule has 1 unspecified atom stereocenters. The predicted molar refractivity (Wildman–Crippen MR) is 87.6 cm³/mol. The maximum absolute atomic E-state index is 10.8. The molecule has 23 heavy (non-hydrogen) atoms. The van der Waals surface area contributed by atoms with Gasteiger partial charge in [-0.25, -0.2) is 4.98 Å². The fourth-order valence-electron chi connectivity index (χ4n) is 3.36. The highest BCUT2D eigenvalue weighted by Gasteiger charge is 2.24. The smallest absolute Gasteiger partial charge is 0.287 e. The number of nitrogens with zero attached hydrogens (tertiary/aromatic N) is 3. The third-order valence-corrected chi connectivity index (χ3v) is 4.74. The number of aromatic nitrogens is 1. The van der Waals surface area contributed by atoms with Crippen molar-refractivity contribution in [3.8, 4) is 0 Å². The van der Waals surface area contributed by atoms with Gasteiger partial charge in [-0.2, -0.15) is 0 Å². The van der Waals surface area contributed by atoms with Crippen LogP contribution >= 0.6 is 0 Å². The van der Waals surface area contributed by atoms with Gasteiger partial charge in [0.05, 0.1) is 11.5 Å². The molecule has 3 heterocycles. The number of rotatable bonds is 5. The quantitative estimate of drug-likeness (QED) is 0.662. The summed E-state index contributed by atoms with van der Waals surface area (Å²) in [5.74, 6) is 1.45. The van der Waals surface area contributed by atoms with Gasteiger partial charge in [-0.1, -0.05) is 0 Å². The molecule has 1 N–H and O–H groups in total. The fourth-order valence-corrected chi connectivity index (χ4v) is 3.36. The van der Waals surface area contributed by atoms with Crippen LogP contribution in [0, 0.1) is 23.0 Å². The second-order valence-corrected chi connectivity index (χ2v) is 6.56. The number of hydrogen-bond donors (Lipinski definition) is 1.